The zero-order chi connectivity index (χ0) is 20.3. The van der Waals surface area contributed by atoms with E-state index in [-0.39, 0.29) is 5.91 Å². The summed E-state index contributed by atoms with van der Waals surface area (Å²) in [7, 11) is 0. The maximum atomic E-state index is 12.9. The van der Waals surface area contributed by atoms with Gasteiger partial charge in [-0.15, -0.1) is 0 Å². The molecule has 0 spiro atoms. The number of amides is 1. The fraction of sp³-hybridized carbons (Fsp3) is 0.174. The van der Waals surface area contributed by atoms with Gasteiger partial charge in [-0.1, -0.05) is 42.5 Å². The molecule has 3 heterocycles. The van der Waals surface area contributed by atoms with Gasteiger partial charge in [0.15, 0.2) is 5.82 Å². The lowest BCUT2D eigenvalue weighted by atomic mass is 10.1. The SMILES string of the molecule is O=C(Nc1nc2c(c(NCc3ccccc3)n1)NCCC2)c1cccc2cocc12. The molecule has 0 aliphatic carbocycles. The number of hydrogen-bond donors (Lipinski definition) is 3. The maximum absolute atomic E-state index is 12.9. The Hall–Kier alpha value is -3.87. The number of nitrogens with one attached hydrogen (secondary N) is 3. The van der Waals surface area contributed by atoms with Gasteiger partial charge in [0.1, 0.15) is 0 Å². The summed E-state index contributed by atoms with van der Waals surface area (Å²) >= 11 is 0. The second kappa shape index (κ2) is 7.87. The van der Waals surface area contributed by atoms with Gasteiger partial charge in [0.05, 0.1) is 29.5 Å². The second-order valence-electron chi connectivity index (χ2n) is 7.22. The van der Waals surface area contributed by atoms with Crippen molar-refractivity contribution in [1.82, 2.24) is 9.97 Å². The van der Waals surface area contributed by atoms with Crippen molar-refractivity contribution in [3.63, 3.8) is 0 Å². The average Bonchev–Trinajstić information content (AvgIpc) is 3.27. The monoisotopic (exact) mass is 399 g/mol. The Morgan fingerprint density at radius 1 is 1.07 bits per heavy atom. The second-order valence-corrected chi connectivity index (χ2v) is 7.22. The van der Waals surface area contributed by atoms with Crippen LogP contribution in [0.15, 0.2) is 65.5 Å². The molecule has 0 bridgehead atoms. The number of benzene rings is 2. The Balaban J connectivity index is 1.43. The first kappa shape index (κ1) is 18.2. The standard InChI is InChI=1S/C23H21N5O2/c29-22(17-9-4-8-16-13-30-14-18(16)17)28-23-26-19-10-5-11-24-20(19)21(27-23)25-12-15-6-2-1-3-7-15/h1-4,6-9,13-14,24H,5,10-12H2,(H2,25,26,27,28,29). The van der Waals surface area contributed by atoms with Crippen LogP contribution in [0.4, 0.5) is 17.5 Å². The third-order valence-corrected chi connectivity index (χ3v) is 5.17. The van der Waals surface area contributed by atoms with Crippen LogP contribution < -0.4 is 16.0 Å². The maximum Gasteiger partial charge on any atom is 0.258 e. The lowest BCUT2D eigenvalue weighted by molar-refractivity contribution is 0.102. The van der Waals surface area contributed by atoms with Crippen molar-refractivity contribution in [2.75, 3.05) is 22.5 Å². The van der Waals surface area contributed by atoms with E-state index in [9.17, 15) is 4.79 Å². The zero-order valence-corrected chi connectivity index (χ0v) is 16.3. The molecule has 0 atom stereocenters. The number of nitrogens with zero attached hydrogens (tertiary/aromatic N) is 2. The lowest BCUT2D eigenvalue weighted by Crippen LogP contribution is -2.20. The van der Waals surface area contributed by atoms with E-state index in [1.807, 2.05) is 30.3 Å². The molecule has 0 saturated carbocycles. The molecule has 5 rings (SSSR count). The highest BCUT2D eigenvalue weighted by Gasteiger charge is 2.19. The Bertz CT molecular complexity index is 1200. The number of furan rings is 1. The third kappa shape index (κ3) is 3.57. The van der Waals surface area contributed by atoms with Crippen molar-refractivity contribution in [3.05, 3.63) is 77.9 Å². The summed E-state index contributed by atoms with van der Waals surface area (Å²) in [5.74, 6) is 0.721. The highest BCUT2D eigenvalue weighted by molar-refractivity contribution is 6.12. The smallest absolute Gasteiger partial charge is 0.258 e. The average molecular weight is 399 g/mol. The third-order valence-electron chi connectivity index (χ3n) is 5.17. The van der Waals surface area contributed by atoms with E-state index in [0.29, 0.717) is 23.9 Å². The molecule has 1 aliphatic heterocycles. The van der Waals surface area contributed by atoms with Crippen LogP contribution >= 0.6 is 0 Å². The predicted molar refractivity (Wildman–Crippen MR) is 117 cm³/mol. The molecule has 2 aromatic heterocycles. The summed E-state index contributed by atoms with van der Waals surface area (Å²) in [4.78, 5) is 22.1. The van der Waals surface area contributed by atoms with Crippen LogP contribution in [0.3, 0.4) is 0 Å². The number of anilines is 3. The van der Waals surface area contributed by atoms with Gasteiger partial charge in [-0.3, -0.25) is 10.1 Å². The molecule has 0 radical (unpaired) electrons. The molecular weight excluding hydrogens is 378 g/mol. The molecule has 0 unspecified atom stereocenters. The van der Waals surface area contributed by atoms with Crippen LogP contribution in [-0.2, 0) is 13.0 Å². The van der Waals surface area contributed by atoms with E-state index in [2.05, 4.69) is 38.1 Å². The van der Waals surface area contributed by atoms with Crippen molar-refractivity contribution in [2.24, 2.45) is 0 Å². The largest absolute Gasteiger partial charge is 0.471 e. The van der Waals surface area contributed by atoms with Gasteiger partial charge in [0.2, 0.25) is 5.95 Å². The number of rotatable bonds is 5. The molecule has 3 N–H and O–H groups in total. The zero-order valence-electron chi connectivity index (χ0n) is 16.3. The highest BCUT2D eigenvalue weighted by Crippen LogP contribution is 2.29. The summed E-state index contributed by atoms with van der Waals surface area (Å²) in [6.07, 6.45) is 5.03. The van der Waals surface area contributed by atoms with E-state index in [1.165, 1.54) is 0 Å². The first-order valence-corrected chi connectivity index (χ1v) is 9.97. The number of fused-ring (bicyclic) bond motifs is 2. The van der Waals surface area contributed by atoms with Gasteiger partial charge in [-0.2, -0.15) is 4.98 Å². The van der Waals surface area contributed by atoms with Gasteiger partial charge in [-0.25, -0.2) is 4.98 Å². The summed E-state index contributed by atoms with van der Waals surface area (Å²) in [6.45, 7) is 1.51. The van der Waals surface area contributed by atoms with E-state index < -0.39 is 0 Å². The van der Waals surface area contributed by atoms with Crippen LogP contribution in [0, 0.1) is 0 Å². The van der Waals surface area contributed by atoms with Crippen LogP contribution in [0.2, 0.25) is 0 Å². The summed E-state index contributed by atoms with van der Waals surface area (Å²) < 4.78 is 5.24. The molecule has 1 amide bonds. The molecule has 7 nitrogen and oxygen atoms in total. The molecular formula is C23H21N5O2. The molecule has 0 fully saturated rings. The topological polar surface area (TPSA) is 92.1 Å². The van der Waals surface area contributed by atoms with Gasteiger partial charge in [-0.05, 0) is 24.5 Å². The van der Waals surface area contributed by atoms with Gasteiger partial charge in [0.25, 0.3) is 5.91 Å². The van der Waals surface area contributed by atoms with Crippen LogP contribution in [0.5, 0.6) is 0 Å². The van der Waals surface area contributed by atoms with Crippen molar-refractivity contribution < 1.29 is 9.21 Å². The fourth-order valence-electron chi connectivity index (χ4n) is 3.67. The van der Waals surface area contributed by atoms with Gasteiger partial charge < -0.3 is 15.1 Å². The number of aromatic nitrogens is 2. The van der Waals surface area contributed by atoms with Crippen LogP contribution in [-0.4, -0.2) is 22.4 Å². The molecule has 7 heteroatoms. The number of hydrogen-bond acceptors (Lipinski definition) is 6. The Kier molecular flexibility index (Phi) is 4.77. The number of carbonyl (C=O) groups excluding carboxylic acids is 1. The Labute approximate surface area is 173 Å². The molecule has 150 valence electrons. The van der Waals surface area contributed by atoms with E-state index >= 15 is 0 Å². The first-order chi connectivity index (χ1) is 14.8. The Morgan fingerprint density at radius 2 is 1.97 bits per heavy atom. The van der Waals surface area contributed by atoms with Crippen molar-refractivity contribution >= 4 is 34.1 Å². The fourth-order valence-corrected chi connectivity index (χ4v) is 3.67. The summed E-state index contributed by atoms with van der Waals surface area (Å²) in [5.41, 5.74) is 3.49. The van der Waals surface area contributed by atoms with Gasteiger partial charge >= 0.3 is 0 Å². The quantitative estimate of drug-likeness (QED) is 0.459. The van der Waals surface area contributed by atoms with Crippen LogP contribution in [0.25, 0.3) is 10.8 Å². The summed E-state index contributed by atoms with van der Waals surface area (Å²) in [5, 5.41) is 11.3. The normalized spacial score (nSPS) is 12.8. The molecule has 0 saturated heterocycles. The number of aryl methyl sites for hydroxylation is 1. The van der Waals surface area contributed by atoms with E-state index in [1.54, 1.807) is 18.6 Å². The molecule has 2 aromatic carbocycles. The van der Waals surface area contributed by atoms with Crippen molar-refractivity contribution in [1.29, 1.82) is 0 Å². The molecule has 1 aliphatic rings. The Morgan fingerprint density at radius 3 is 2.87 bits per heavy atom. The minimum atomic E-state index is -0.264. The van der Waals surface area contributed by atoms with E-state index in [4.69, 9.17) is 4.42 Å². The van der Waals surface area contributed by atoms with Crippen molar-refractivity contribution in [2.45, 2.75) is 19.4 Å². The highest BCUT2D eigenvalue weighted by atomic mass is 16.3. The van der Waals surface area contributed by atoms with Crippen molar-refractivity contribution in [3.8, 4) is 0 Å². The molecule has 30 heavy (non-hydrogen) atoms. The molecule has 4 aromatic rings. The first-order valence-electron chi connectivity index (χ1n) is 9.97. The predicted octanol–water partition coefficient (Wildman–Crippen LogP) is 4.45. The van der Waals surface area contributed by atoms with E-state index in [0.717, 1.165) is 47.1 Å². The number of carbonyl (C=O) groups is 1. The minimum absolute atomic E-state index is 0.264. The van der Waals surface area contributed by atoms with Gasteiger partial charge in [0, 0.05) is 23.9 Å². The summed E-state index contributed by atoms with van der Waals surface area (Å²) in [6, 6.07) is 15.6. The lowest BCUT2D eigenvalue weighted by Gasteiger charge is -2.21. The minimum Gasteiger partial charge on any atom is -0.471 e. The van der Waals surface area contributed by atoms with Crippen LogP contribution in [0.1, 0.15) is 28.0 Å².